The molecule has 0 radical (unpaired) electrons. The molecule has 5 rings (SSSR count). The van der Waals surface area contributed by atoms with E-state index in [1.807, 2.05) is 48.5 Å². The molecule has 1 aliphatic heterocycles. The van der Waals surface area contributed by atoms with Gasteiger partial charge in [-0.05, 0) is 24.3 Å². The van der Waals surface area contributed by atoms with Gasteiger partial charge in [0.05, 0.1) is 16.1 Å². The number of hydrogen-bond donors (Lipinski definition) is 2. The number of nitro benzene ring substituents is 1. The quantitative estimate of drug-likeness (QED) is 0.268. The Kier molecular flexibility index (Phi) is 7.11. The molecule has 10 heteroatoms. The van der Waals surface area contributed by atoms with E-state index in [1.54, 1.807) is 12.1 Å². The summed E-state index contributed by atoms with van der Waals surface area (Å²) in [5.74, 6) is 0.793. The summed E-state index contributed by atoms with van der Waals surface area (Å²) in [5.41, 5.74) is 4.60. The van der Waals surface area contributed by atoms with E-state index in [4.69, 9.17) is 18.6 Å². The van der Waals surface area contributed by atoms with Gasteiger partial charge >= 0.3 is 0 Å². The van der Waals surface area contributed by atoms with Crippen LogP contribution in [-0.2, 0) is 5.54 Å². The fourth-order valence-corrected chi connectivity index (χ4v) is 4.23. The first-order chi connectivity index (χ1) is 17.2. The zero-order valence-electron chi connectivity index (χ0n) is 18.7. The molecule has 0 aromatic heterocycles. The number of halogens is 1. The summed E-state index contributed by atoms with van der Waals surface area (Å²) in [7, 11) is -4.94. The number of hydrogen-bond acceptors (Lipinski definition) is 7. The lowest BCUT2D eigenvalue weighted by Crippen LogP contribution is -2.89. The van der Waals surface area contributed by atoms with Crippen LogP contribution in [0.2, 0.25) is 0 Å². The minimum absolute atomic E-state index is 0.0675. The van der Waals surface area contributed by atoms with Gasteiger partial charge in [-0.2, -0.15) is 0 Å². The third-order valence-electron chi connectivity index (χ3n) is 5.68. The number of fused-ring (bicyclic) bond motifs is 1. The standard InChI is InChI=1S/C26H19N3O2.ClHO4/c30-29(31)22-17-15-19(16-18-22)25-27-24-14-8-7-13-23(24)26(28-25,20-9-3-1-4-10-20)21-11-5-2-6-12-21;2-1(3,4)5/h1-18H,(H,27,28);(H,2,3,4,5). The molecule has 0 unspecified atom stereocenters. The molecule has 0 aliphatic carbocycles. The first-order valence-electron chi connectivity index (χ1n) is 10.7. The van der Waals surface area contributed by atoms with Gasteiger partial charge in [-0.15, -0.1) is 10.2 Å². The zero-order chi connectivity index (χ0) is 25.8. The van der Waals surface area contributed by atoms with Crippen molar-refractivity contribution in [1.29, 1.82) is 0 Å². The Labute approximate surface area is 208 Å². The van der Waals surface area contributed by atoms with Gasteiger partial charge in [0.1, 0.15) is 5.69 Å². The molecule has 0 saturated carbocycles. The first-order valence-corrected chi connectivity index (χ1v) is 11.9. The fraction of sp³-hybridized carbons (Fsp3) is 0.0385. The van der Waals surface area contributed by atoms with Crippen molar-refractivity contribution in [2.75, 3.05) is 5.32 Å². The molecule has 0 amide bonds. The van der Waals surface area contributed by atoms with Crippen LogP contribution in [-0.4, -0.2) is 10.8 Å². The Bertz CT molecular complexity index is 1330. The van der Waals surface area contributed by atoms with Crippen LogP contribution in [0.15, 0.2) is 109 Å². The lowest BCUT2D eigenvalue weighted by molar-refractivity contribution is -2.00. The Morgan fingerprint density at radius 1 is 0.694 bits per heavy atom. The summed E-state index contributed by atoms with van der Waals surface area (Å²) in [4.78, 5) is 14.5. The monoisotopic (exact) mass is 505 g/mol. The fourth-order valence-electron chi connectivity index (χ4n) is 4.23. The van der Waals surface area contributed by atoms with Crippen molar-refractivity contribution >= 4 is 17.2 Å². The number of para-hydroxylation sites is 1. The van der Waals surface area contributed by atoms with Crippen LogP contribution >= 0.6 is 0 Å². The first kappa shape index (κ1) is 25.0. The lowest BCUT2D eigenvalue weighted by Gasteiger charge is -2.34. The molecule has 4 aromatic carbocycles. The van der Waals surface area contributed by atoms with E-state index in [2.05, 4.69) is 46.7 Å². The Hall–Kier alpha value is -4.12. The average Bonchev–Trinajstić information content (AvgIpc) is 2.88. The van der Waals surface area contributed by atoms with Crippen LogP contribution in [0.4, 0.5) is 11.4 Å². The maximum atomic E-state index is 11.1. The molecule has 0 spiro atoms. The van der Waals surface area contributed by atoms with Gasteiger partial charge < -0.3 is 0 Å². The second-order valence-electron chi connectivity index (χ2n) is 7.83. The van der Waals surface area contributed by atoms with Gasteiger partial charge in [0.25, 0.3) is 11.5 Å². The molecule has 1 aliphatic rings. The van der Waals surface area contributed by atoms with Crippen molar-refractivity contribution in [1.82, 2.24) is 0 Å². The number of nitrogens with one attached hydrogen (secondary N) is 2. The average molecular weight is 506 g/mol. The summed E-state index contributed by atoms with van der Waals surface area (Å²) in [6, 6.07) is 35.5. The minimum atomic E-state index is -4.94. The normalized spacial score (nSPS) is 13.8. The van der Waals surface area contributed by atoms with Crippen molar-refractivity contribution in [3.8, 4) is 0 Å². The highest BCUT2D eigenvalue weighted by Gasteiger charge is 2.45. The number of benzene rings is 4. The summed E-state index contributed by atoms with van der Waals surface area (Å²) >= 11 is 0. The van der Waals surface area contributed by atoms with Gasteiger partial charge in [-0.3, -0.25) is 15.1 Å². The molecule has 182 valence electrons. The second kappa shape index (κ2) is 10.2. The zero-order valence-corrected chi connectivity index (χ0v) is 19.4. The van der Waals surface area contributed by atoms with Crippen LogP contribution in [0, 0.1) is 20.4 Å². The van der Waals surface area contributed by atoms with Crippen molar-refractivity contribution < 1.29 is 38.8 Å². The van der Waals surface area contributed by atoms with Crippen LogP contribution in [0.5, 0.6) is 0 Å². The predicted octanol–water partition coefficient (Wildman–Crippen LogP) is -0.916. The molecule has 1 heterocycles. The number of amidine groups is 1. The van der Waals surface area contributed by atoms with Crippen LogP contribution in [0.1, 0.15) is 22.3 Å². The van der Waals surface area contributed by atoms with Gasteiger partial charge in [-0.1, -0.05) is 72.8 Å². The van der Waals surface area contributed by atoms with Gasteiger partial charge in [0.2, 0.25) is 0 Å². The maximum Gasteiger partial charge on any atom is 0.281 e. The number of nitrogens with zero attached hydrogens (tertiary/aromatic N) is 1. The van der Waals surface area contributed by atoms with Crippen LogP contribution < -0.4 is 28.9 Å². The highest BCUT2D eigenvalue weighted by molar-refractivity contribution is 6.06. The summed E-state index contributed by atoms with van der Waals surface area (Å²) < 4.78 is 34.0. The van der Waals surface area contributed by atoms with Gasteiger partial charge in [-0.25, -0.2) is 24.0 Å². The Balaban J connectivity index is 0.000000556. The SMILES string of the molecule is O=[N+]([O-])c1ccc(C2=[NH+]C(c3ccccc3)(c3ccccc3)c3ccccc3N2)cc1.[O-][Cl+3]([O-])([O-])[O-]. The topological polar surface area (TPSA) is 161 Å². The Morgan fingerprint density at radius 2 is 1.17 bits per heavy atom. The molecule has 0 bridgehead atoms. The van der Waals surface area contributed by atoms with Gasteiger partial charge in [0.15, 0.2) is 5.54 Å². The lowest BCUT2D eigenvalue weighted by atomic mass is 9.76. The molecule has 4 aromatic rings. The third kappa shape index (κ3) is 5.41. The van der Waals surface area contributed by atoms with E-state index in [0.717, 1.165) is 33.8 Å². The van der Waals surface area contributed by atoms with E-state index < -0.39 is 15.8 Å². The van der Waals surface area contributed by atoms with E-state index >= 15 is 0 Å². The molecule has 2 N–H and O–H groups in total. The molecule has 36 heavy (non-hydrogen) atoms. The van der Waals surface area contributed by atoms with Crippen molar-refractivity contribution in [2.24, 2.45) is 0 Å². The number of non-ortho nitro benzene ring substituents is 1. The molecule has 0 atom stereocenters. The predicted molar refractivity (Wildman–Crippen MR) is 121 cm³/mol. The number of rotatable bonds is 4. The molecule has 9 nitrogen and oxygen atoms in total. The van der Waals surface area contributed by atoms with Crippen molar-refractivity contribution in [2.45, 2.75) is 5.54 Å². The molecule has 0 saturated heterocycles. The highest BCUT2D eigenvalue weighted by atomic mass is 35.7. The summed E-state index contributed by atoms with van der Waals surface area (Å²) in [5, 5.41) is 14.6. The van der Waals surface area contributed by atoms with Crippen molar-refractivity contribution in [3.63, 3.8) is 0 Å². The minimum Gasteiger partial charge on any atom is -0.258 e. The molecular formula is C26H20ClN3O6. The highest BCUT2D eigenvalue weighted by Crippen LogP contribution is 2.38. The third-order valence-corrected chi connectivity index (χ3v) is 5.68. The number of anilines is 1. The van der Waals surface area contributed by atoms with Gasteiger partial charge in [0, 0.05) is 23.3 Å². The van der Waals surface area contributed by atoms with E-state index in [-0.39, 0.29) is 10.6 Å². The molecule has 0 fully saturated rings. The summed E-state index contributed by atoms with van der Waals surface area (Å²) in [6.07, 6.45) is 0. The van der Waals surface area contributed by atoms with E-state index in [0.29, 0.717) is 0 Å². The van der Waals surface area contributed by atoms with Crippen LogP contribution in [0.25, 0.3) is 0 Å². The maximum absolute atomic E-state index is 11.1. The molecular weight excluding hydrogens is 486 g/mol. The second-order valence-corrected chi connectivity index (χ2v) is 8.59. The smallest absolute Gasteiger partial charge is 0.258 e. The van der Waals surface area contributed by atoms with E-state index in [9.17, 15) is 10.1 Å². The summed E-state index contributed by atoms with van der Waals surface area (Å²) in [6.45, 7) is 0. The van der Waals surface area contributed by atoms with Crippen molar-refractivity contribution in [3.05, 3.63) is 142 Å². The largest absolute Gasteiger partial charge is 0.281 e. The number of nitro groups is 1. The Morgan fingerprint density at radius 3 is 1.67 bits per heavy atom. The van der Waals surface area contributed by atoms with E-state index in [1.165, 1.54) is 12.1 Å². The van der Waals surface area contributed by atoms with Crippen LogP contribution in [0.3, 0.4) is 0 Å².